The molecule has 33 heavy (non-hydrogen) atoms. The lowest BCUT2D eigenvalue weighted by molar-refractivity contribution is 0.105. The van der Waals surface area contributed by atoms with Gasteiger partial charge in [-0.05, 0) is 52.0 Å². The van der Waals surface area contributed by atoms with Crippen LogP contribution in [-0.4, -0.2) is 37.6 Å². The van der Waals surface area contributed by atoms with E-state index < -0.39 is 5.60 Å². The first-order valence-corrected chi connectivity index (χ1v) is 11.8. The largest absolute Gasteiger partial charge is 0.456 e. The van der Waals surface area contributed by atoms with Gasteiger partial charge in [-0.15, -0.1) is 0 Å². The van der Waals surface area contributed by atoms with Gasteiger partial charge in [0.15, 0.2) is 0 Å². The molecule has 0 saturated carbocycles. The van der Waals surface area contributed by atoms with Crippen LogP contribution in [0.2, 0.25) is 0 Å². The predicted octanol–water partition coefficient (Wildman–Crippen LogP) is 5.58. The molecule has 3 aromatic carbocycles. The van der Waals surface area contributed by atoms with Crippen LogP contribution in [0.3, 0.4) is 0 Å². The van der Waals surface area contributed by atoms with Crippen molar-refractivity contribution in [1.29, 1.82) is 0 Å². The maximum atomic E-state index is 12.4. The van der Waals surface area contributed by atoms with Crippen LogP contribution in [0, 0.1) is 0 Å². The fourth-order valence-electron chi connectivity index (χ4n) is 4.84. The number of carbonyl (C=O) groups is 1. The summed E-state index contributed by atoms with van der Waals surface area (Å²) < 4.78 is 6.43. The van der Waals surface area contributed by atoms with E-state index in [9.17, 15) is 9.90 Å². The van der Waals surface area contributed by atoms with Gasteiger partial charge >= 0.3 is 0 Å². The Kier molecular flexibility index (Phi) is 6.43. The summed E-state index contributed by atoms with van der Waals surface area (Å²) >= 11 is 0. The summed E-state index contributed by atoms with van der Waals surface area (Å²) in [6.45, 7) is 12.0. The standard InChI is InChI=1S/C28H32N2O3/c1-5-29(6-2)21-13-15-24-26(17-21)33-27-18-22(30(7-3)8-4)14-16-25(27)28(24,32)23-12-10-9-11-20(23)19-31/h9-19,32H,5-8H2,1-4H3. The highest BCUT2D eigenvalue weighted by Crippen LogP contribution is 2.52. The highest BCUT2D eigenvalue weighted by Gasteiger charge is 2.43. The summed E-state index contributed by atoms with van der Waals surface area (Å²) in [5, 5.41) is 12.4. The summed E-state index contributed by atoms with van der Waals surface area (Å²) in [7, 11) is 0. The van der Waals surface area contributed by atoms with Crippen molar-refractivity contribution < 1.29 is 14.6 Å². The van der Waals surface area contributed by atoms with Crippen molar-refractivity contribution in [3.05, 3.63) is 82.9 Å². The number of aldehydes is 1. The van der Waals surface area contributed by atoms with E-state index in [-0.39, 0.29) is 0 Å². The van der Waals surface area contributed by atoms with Crippen molar-refractivity contribution in [3.8, 4) is 11.5 Å². The van der Waals surface area contributed by atoms with E-state index in [2.05, 4.69) is 37.5 Å². The number of nitrogens with zero attached hydrogens (tertiary/aromatic N) is 2. The van der Waals surface area contributed by atoms with Crippen molar-refractivity contribution >= 4 is 17.7 Å². The second-order valence-electron chi connectivity index (χ2n) is 8.22. The van der Waals surface area contributed by atoms with E-state index in [0.29, 0.717) is 33.8 Å². The van der Waals surface area contributed by atoms with Crippen molar-refractivity contribution in [1.82, 2.24) is 0 Å². The molecule has 172 valence electrons. The van der Waals surface area contributed by atoms with Crippen LogP contribution in [0.1, 0.15) is 54.7 Å². The minimum atomic E-state index is -1.51. The third-order valence-electron chi connectivity index (χ3n) is 6.66. The first-order valence-electron chi connectivity index (χ1n) is 11.8. The zero-order chi connectivity index (χ0) is 23.6. The van der Waals surface area contributed by atoms with Gasteiger partial charge in [0.1, 0.15) is 23.4 Å². The number of ether oxygens (including phenoxy) is 1. The minimum absolute atomic E-state index is 0.458. The van der Waals surface area contributed by atoms with Crippen LogP contribution < -0.4 is 14.5 Å². The number of hydrogen-bond acceptors (Lipinski definition) is 5. The average molecular weight is 445 g/mol. The molecular weight excluding hydrogens is 412 g/mol. The van der Waals surface area contributed by atoms with Crippen molar-refractivity contribution in [2.24, 2.45) is 0 Å². The van der Waals surface area contributed by atoms with Gasteiger partial charge in [0.05, 0.1) is 0 Å². The molecule has 0 unspecified atom stereocenters. The maximum Gasteiger partial charge on any atom is 0.150 e. The quantitative estimate of drug-likeness (QED) is 0.460. The molecule has 5 nitrogen and oxygen atoms in total. The molecule has 0 bridgehead atoms. The Hall–Kier alpha value is -3.31. The molecular formula is C28H32N2O3. The molecule has 1 aliphatic rings. The summed E-state index contributed by atoms with van der Waals surface area (Å²) in [4.78, 5) is 16.4. The number of rotatable bonds is 8. The van der Waals surface area contributed by atoms with Crippen molar-refractivity contribution in [3.63, 3.8) is 0 Å². The fraction of sp³-hybridized carbons (Fsp3) is 0.321. The Morgan fingerprint density at radius 3 is 1.70 bits per heavy atom. The van der Waals surface area contributed by atoms with Crippen molar-refractivity contribution in [2.45, 2.75) is 33.3 Å². The Bertz CT molecular complexity index is 1090. The van der Waals surface area contributed by atoms with Gasteiger partial charge in [0.25, 0.3) is 0 Å². The van der Waals surface area contributed by atoms with Crippen LogP contribution in [0.25, 0.3) is 0 Å². The molecule has 3 aromatic rings. The van der Waals surface area contributed by atoms with Gasteiger partial charge < -0.3 is 19.6 Å². The SMILES string of the molecule is CCN(CC)c1ccc2c(c1)Oc1cc(N(CC)CC)ccc1C2(O)c1ccccc1C=O. The lowest BCUT2D eigenvalue weighted by Gasteiger charge is -2.38. The topological polar surface area (TPSA) is 53.0 Å². The zero-order valence-electron chi connectivity index (χ0n) is 19.8. The summed E-state index contributed by atoms with van der Waals surface area (Å²) in [6.07, 6.45) is 0.802. The minimum Gasteiger partial charge on any atom is -0.456 e. The monoisotopic (exact) mass is 444 g/mol. The van der Waals surface area contributed by atoms with Gasteiger partial charge in [-0.25, -0.2) is 0 Å². The number of hydrogen-bond donors (Lipinski definition) is 1. The van der Waals surface area contributed by atoms with Crippen LogP contribution in [-0.2, 0) is 5.60 Å². The average Bonchev–Trinajstić information content (AvgIpc) is 2.85. The molecule has 0 saturated heterocycles. The zero-order valence-corrected chi connectivity index (χ0v) is 19.8. The molecule has 1 aliphatic heterocycles. The highest BCUT2D eigenvalue weighted by molar-refractivity contribution is 5.80. The molecule has 0 aromatic heterocycles. The fourth-order valence-corrected chi connectivity index (χ4v) is 4.84. The Balaban J connectivity index is 1.97. The Labute approximate surface area is 196 Å². The smallest absolute Gasteiger partial charge is 0.150 e. The van der Waals surface area contributed by atoms with Crippen molar-refractivity contribution in [2.75, 3.05) is 36.0 Å². The molecule has 0 spiro atoms. The van der Waals surface area contributed by atoms with Crippen LogP contribution in [0.4, 0.5) is 11.4 Å². The van der Waals surface area contributed by atoms with Crippen LogP contribution >= 0.6 is 0 Å². The number of aliphatic hydroxyl groups is 1. The molecule has 5 heteroatoms. The number of fused-ring (bicyclic) bond motifs is 2. The normalized spacial score (nSPS) is 13.5. The molecule has 0 amide bonds. The molecule has 1 N–H and O–H groups in total. The van der Waals surface area contributed by atoms with E-state index >= 15 is 0 Å². The summed E-state index contributed by atoms with van der Waals surface area (Å²) in [5.74, 6) is 1.21. The van der Waals surface area contributed by atoms with E-state index in [4.69, 9.17) is 4.74 Å². The third kappa shape index (κ3) is 3.76. The van der Waals surface area contributed by atoms with E-state index in [0.717, 1.165) is 43.8 Å². The van der Waals surface area contributed by atoms with E-state index in [1.807, 2.05) is 54.6 Å². The molecule has 4 rings (SSSR count). The Morgan fingerprint density at radius 1 is 0.758 bits per heavy atom. The number of benzene rings is 3. The first-order chi connectivity index (χ1) is 16.0. The van der Waals surface area contributed by atoms with Gasteiger partial charge in [0.2, 0.25) is 0 Å². The number of carbonyl (C=O) groups excluding carboxylic acids is 1. The molecule has 0 radical (unpaired) electrons. The summed E-state index contributed by atoms with van der Waals surface area (Å²) in [6, 6.07) is 19.1. The highest BCUT2D eigenvalue weighted by atomic mass is 16.5. The summed E-state index contributed by atoms with van der Waals surface area (Å²) in [5.41, 5.74) is 2.84. The van der Waals surface area contributed by atoms with E-state index in [1.165, 1.54) is 0 Å². The predicted molar refractivity (Wildman–Crippen MR) is 134 cm³/mol. The van der Waals surface area contributed by atoms with Crippen LogP contribution in [0.5, 0.6) is 11.5 Å². The third-order valence-corrected chi connectivity index (χ3v) is 6.66. The second-order valence-corrected chi connectivity index (χ2v) is 8.22. The molecule has 0 atom stereocenters. The molecule has 0 aliphatic carbocycles. The molecule has 1 heterocycles. The van der Waals surface area contributed by atoms with Gasteiger partial charge in [0, 0.05) is 71.9 Å². The van der Waals surface area contributed by atoms with E-state index in [1.54, 1.807) is 6.07 Å². The second kappa shape index (κ2) is 9.28. The Morgan fingerprint density at radius 2 is 1.24 bits per heavy atom. The lowest BCUT2D eigenvalue weighted by atomic mass is 9.76. The van der Waals surface area contributed by atoms with Gasteiger partial charge in [-0.3, -0.25) is 4.79 Å². The van der Waals surface area contributed by atoms with Gasteiger partial charge in [-0.2, -0.15) is 0 Å². The number of anilines is 2. The maximum absolute atomic E-state index is 12.4. The lowest BCUT2D eigenvalue weighted by Crippen LogP contribution is -2.34. The van der Waals surface area contributed by atoms with Crippen LogP contribution in [0.15, 0.2) is 60.7 Å². The first kappa shape index (κ1) is 22.9. The molecule has 0 fully saturated rings. The van der Waals surface area contributed by atoms with Gasteiger partial charge in [-0.1, -0.05) is 24.3 Å².